The van der Waals surface area contributed by atoms with Crippen LogP contribution in [0.2, 0.25) is 0 Å². The first-order valence-electron chi connectivity index (χ1n) is 8.59. The molecule has 0 bridgehead atoms. The van der Waals surface area contributed by atoms with E-state index in [1.54, 1.807) is 17.6 Å². The third-order valence-corrected chi connectivity index (χ3v) is 6.63. The summed E-state index contributed by atoms with van der Waals surface area (Å²) in [6.45, 7) is 0.483. The summed E-state index contributed by atoms with van der Waals surface area (Å²) in [6, 6.07) is 20.0. The summed E-state index contributed by atoms with van der Waals surface area (Å²) in [5.74, 6) is 0.754. The van der Waals surface area contributed by atoms with Crippen molar-refractivity contribution in [1.29, 1.82) is 0 Å². The van der Waals surface area contributed by atoms with E-state index in [-0.39, 0.29) is 0 Å². The Morgan fingerprint density at radius 2 is 1.72 bits per heavy atom. The second kappa shape index (κ2) is 9.38. The van der Waals surface area contributed by atoms with Gasteiger partial charge in [-0.25, -0.2) is 4.98 Å². The monoisotopic (exact) mass is 593 g/mol. The molecule has 0 aliphatic heterocycles. The van der Waals surface area contributed by atoms with Crippen molar-refractivity contribution in [2.75, 3.05) is 5.43 Å². The lowest BCUT2D eigenvalue weighted by atomic mass is 10.2. The molecule has 1 aromatic heterocycles. The number of thiazole rings is 1. The van der Waals surface area contributed by atoms with Crippen molar-refractivity contribution >= 4 is 80.7 Å². The number of hydrogen-bond donors (Lipinski definition) is 1. The molecule has 8 heteroatoms. The van der Waals surface area contributed by atoms with E-state index < -0.39 is 0 Å². The second-order valence-electron chi connectivity index (χ2n) is 6.09. The predicted octanol–water partition coefficient (Wildman–Crippen LogP) is 7.61. The lowest BCUT2D eigenvalue weighted by molar-refractivity contribution is 0.302. The van der Waals surface area contributed by atoms with Gasteiger partial charge < -0.3 is 4.74 Å². The Hall–Kier alpha value is -1.74. The Balaban J connectivity index is 1.43. The molecule has 0 radical (unpaired) electrons. The van der Waals surface area contributed by atoms with Gasteiger partial charge in [-0.15, -0.1) is 0 Å². The fourth-order valence-electron chi connectivity index (χ4n) is 2.61. The number of para-hydroxylation sites is 1. The first kappa shape index (κ1) is 20.5. The fraction of sp³-hybridized carbons (Fsp3) is 0.0476. The number of halogens is 3. The molecule has 0 atom stereocenters. The van der Waals surface area contributed by atoms with Crippen molar-refractivity contribution < 1.29 is 4.74 Å². The summed E-state index contributed by atoms with van der Waals surface area (Å²) in [4.78, 5) is 4.50. The van der Waals surface area contributed by atoms with E-state index in [4.69, 9.17) is 4.74 Å². The Bertz CT molecular complexity index is 1120. The van der Waals surface area contributed by atoms with E-state index in [1.807, 2.05) is 60.7 Å². The van der Waals surface area contributed by atoms with Gasteiger partial charge in [0.25, 0.3) is 0 Å². The molecule has 0 saturated heterocycles. The summed E-state index contributed by atoms with van der Waals surface area (Å²) in [5.41, 5.74) is 5.98. The van der Waals surface area contributed by atoms with Crippen LogP contribution in [0.5, 0.6) is 5.75 Å². The van der Waals surface area contributed by atoms with Gasteiger partial charge in [0.15, 0.2) is 0 Å². The molecular weight excluding hydrogens is 582 g/mol. The summed E-state index contributed by atoms with van der Waals surface area (Å²) < 4.78 is 9.86. The van der Waals surface area contributed by atoms with Crippen LogP contribution in [0.25, 0.3) is 10.2 Å². The van der Waals surface area contributed by atoms with Crippen LogP contribution in [-0.4, -0.2) is 11.2 Å². The maximum atomic E-state index is 5.98. The predicted molar refractivity (Wildman–Crippen MR) is 131 cm³/mol. The van der Waals surface area contributed by atoms with Crippen molar-refractivity contribution in [2.24, 2.45) is 5.10 Å². The van der Waals surface area contributed by atoms with Crippen LogP contribution in [0.1, 0.15) is 11.1 Å². The van der Waals surface area contributed by atoms with Gasteiger partial charge in [-0.1, -0.05) is 51.5 Å². The van der Waals surface area contributed by atoms with Crippen LogP contribution in [0.4, 0.5) is 5.13 Å². The van der Waals surface area contributed by atoms with Crippen LogP contribution in [0.3, 0.4) is 0 Å². The van der Waals surface area contributed by atoms with Gasteiger partial charge in [-0.2, -0.15) is 5.10 Å². The van der Waals surface area contributed by atoms with Gasteiger partial charge >= 0.3 is 0 Å². The van der Waals surface area contributed by atoms with E-state index in [0.717, 1.165) is 45.6 Å². The van der Waals surface area contributed by atoms with Gasteiger partial charge in [0, 0.05) is 4.47 Å². The smallest absolute Gasteiger partial charge is 0.204 e. The van der Waals surface area contributed by atoms with Gasteiger partial charge in [0.2, 0.25) is 5.13 Å². The molecule has 0 spiro atoms. The maximum Gasteiger partial charge on any atom is 0.204 e. The van der Waals surface area contributed by atoms with Crippen LogP contribution >= 0.6 is 59.1 Å². The van der Waals surface area contributed by atoms with E-state index in [1.165, 1.54) is 0 Å². The zero-order valence-corrected chi connectivity index (χ0v) is 20.5. The van der Waals surface area contributed by atoms with E-state index in [0.29, 0.717) is 6.61 Å². The van der Waals surface area contributed by atoms with Gasteiger partial charge in [0.1, 0.15) is 12.4 Å². The van der Waals surface area contributed by atoms with Gasteiger partial charge in [-0.05, 0) is 79.4 Å². The van der Waals surface area contributed by atoms with Crippen molar-refractivity contribution in [3.05, 3.63) is 85.2 Å². The molecule has 3 aromatic carbocycles. The Morgan fingerprint density at radius 3 is 2.45 bits per heavy atom. The topological polar surface area (TPSA) is 46.5 Å². The van der Waals surface area contributed by atoms with Crippen molar-refractivity contribution in [2.45, 2.75) is 6.61 Å². The largest absolute Gasteiger partial charge is 0.487 e. The third-order valence-electron chi connectivity index (χ3n) is 3.98. The standard InChI is InChI=1S/C21H14Br3N3OS/c22-15-7-5-13(6-8-15)12-28-20-16(23)9-14(10-17(20)24)11-25-27-21-26-18-3-1-2-4-19(18)29-21/h1-11H,12H2,(H,26,27)/b25-11+. The minimum Gasteiger partial charge on any atom is -0.487 e. The minimum absolute atomic E-state index is 0.483. The number of hydrogen-bond acceptors (Lipinski definition) is 5. The molecule has 0 unspecified atom stereocenters. The molecule has 1 heterocycles. The first-order valence-corrected chi connectivity index (χ1v) is 11.8. The highest BCUT2D eigenvalue weighted by Crippen LogP contribution is 2.35. The first-order chi connectivity index (χ1) is 14.1. The molecule has 0 aliphatic carbocycles. The van der Waals surface area contributed by atoms with Crippen LogP contribution in [0, 0.1) is 0 Å². The van der Waals surface area contributed by atoms with Gasteiger partial charge in [0.05, 0.1) is 25.4 Å². The fourth-order valence-corrected chi connectivity index (χ4v) is 5.14. The minimum atomic E-state index is 0.483. The molecule has 0 amide bonds. The zero-order chi connectivity index (χ0) is 20.2. The van der Waals surface area contributed by atoms with Crippen LogP contribution < -0.4 is 10.2 Å². The molecule has 0 aliphatic rings. The van der Waals surface area contributed by atoms with Crippen molar-refractivity contribution in [3.8, 4) is 5.75 Å². The number of rotatable bonds is 6. The summed E-state index contributed by atoms with van der Waals surface area (Å²) >= 11 is 12.2. The number of hydrazone groups is 1. The van der Waals surface area contributed by atoms with Crippen molar-refractivity contribution in [1.82, 2.24) is 4.98 Å². The molecule has 4 nitrogen and oxygen atoms in total. The molecular formula is C21H14Br3N3OS. The molecule has 0 saturated carbocycles. The highest BCUT2D eigenvalue weighted by atomic mass is 79.9. The number of ether oxygens (including phenoxy) is 1. The molecule has 4 rings (SSSR count). The Labute approximate surface area is 197 Å². The third kappa shape index (κ3) is 5.25. The molecule has 0 fully saturated rings. The lowest BCUT2D eigenvalue weighted by Crippen LogP contribution is -1.98. The molecule has 29 heavy (non-hydrogen) atoms. The number of anilines is 1. The summed E-state index contributed by atoms with van der Waals surface area (Å²) in [6.07, 6.45) is 1.75. The van der Waals surface area contributed by atoms with Crippen LogP contribution in [0.15, 0.2) is 79.2 Å². The number of nitrogens with zero attached hydrogens (tertiary/aromatic N) is 2. The normalized spacial score (nSPS) is 11.3. The highest BCUT2D eigenvalue weighted by molar-refractivity contribution is 9.11. The molecule has 146 valence electrons. The number of nitrogens with one attached hydrogen (secondary N) is 1. The number of fused-ring (bicyclic) bond motifs is 1. The number of aromatic nitrogens is 1. The van der Waals surface area contributed by atoms with E-state index in [9.17, 15) is 0 Å². The highest BCUT2D eigenvalue weighted by Gasteiger charge is 2.09. The lowest BCUT2D eigenvalue weighted by Gasteiger charge is -2.11. The SMILES string of the molecule is Brc1ccc(COc2c(Br)cc(/C=N/Nc3nc4ccccc4s3)cc2Br)cc1. The second-order valence-corrected chi connectivity index (χ2v) is 9.74. The molecule has 4 aromatic rings. The summed E-state index contributed by atoms with van der Waals surface area (Å²) in [5, 5.41) is 5.07. The average molecular weight is 596 g/mol. The maximum absolute atomic E-state index is 5.98. The van der Waals surface area contributed by atoms with E-state index >= 15 is 0 Å². The zero-order valence-electron chi connectivity index (χ0n) is 14.9. The molecule has 1 N–H and O–H groups in total. The van der Waals surface area contributed by atoms with Crippen molar-refractivity contribution in [3.63, 3.8) is 0 Å². The Morgan fingerprint density at radius 1 is 1.00 bits per heavy atom. The number of benzene rings is 3. The van der Waals surface area contributed by atoms with Gasteiger partial charge in [-0.3, -0.25) is 5.43 Å². The van der Waals surface area contributed by atoms with Crippen LogP contribution in [-0.2, 0) is 6.61 Å². The van der Waals surface area contributed by atoms with E-state index in [2.05, 4.69) is 63.3 Å². The average Bonchev–Trinajstić information content (AvgIpc) is 3.11. The summed E-state index contributed by atoms with van der Waals surface area (Å²) in [7, 11) is 0. The quantitative estimate of drug-likeness (QED) is 0.184. The Kier molecular flexibility index (Phi) is 6.64.